The standard InChI is InChI=1S/C31H35FN6O/c1-3-4-11-27-33-29(28-21(2)35-38(30(28)34-27)24-14-12-23(32)13-15-24)36-16-8-17-37(19-18-36)31(39)26-20-25(26)22-9-6-5-7-10-22/h5-7,9-10,12-15,25-26H,3-4,8,11,16-20H2,1-2H3/t25-,26-/m0/s1. The second-order valence-corrected chi connectivity index (χ2v) is 10.8. The minimum atomic E-state index is -0.282. The number of amides is 1. The molecule has 0 unspecified atom stereocenters. The van der Waals surface area contributed by atoms with Crippen molar-refractivity contribution in [3.63, 3.8) is 0 Å². The molecule has 2 atom stereocenters. The van der Waals surface area contributed by atoms with Gasteiger partial charge in [0, 0.05) is 38.5 Å². The van der Waals surface area contributed by atoms with Gasteiger partial charge in [0.2, 0.25) is 5.91 Å². The summed E-state index contributed by atoms with van der Waals surface area (Å²) in [6.45, 7) is 7.11. The highest BCUT2D eigenvalue weighted by Gasteiger charge is 2.45. The highest BCUT2D eigenvalue weighted by atomic mass is 19.1. The van der Waals surface area contributed by atoms with Crippen LogP contribution in [0.5, 0.6) is 0 Å². The number of carbonyl (C=O) groups is 1. The molecule has 3 heterocycles. The average Bonchev–Trinajstić information content (AvgIpc) is 3.74. The first-order chi connectivity index (χ1) is 19.0. The van der Waals surface area contributed by atoms with Crippen molar-refractivity contribution in [1.82, 2.24) is 24.6 Å². The van der Waals surface area contributed by atoms with E-state index in [0.717, 1.165) is 85.8 Å². The van der Waals surface area contributed by atoms with Crippen LogP contribution in [0.25, 0.3) is 16.7 Å². The first-order valence-electron chi connectivity index (χ1n) is 14.1. The number of hydrogen-bond donors (Lipinski definition) is 0. The number of anilines is 1. The molecule has 2 aliphatic rings. The number of unbranched alkanes of at least 4 members (excludes halogenated alkanes) is 1. The van der Waals surface area contributed by atoms with Gasteiger partial charge in [-0.05, 0) is 61.9 Å². The van der Waals surface area contributed by atoms with Gasteiger partial charge in [-0.3, -0.25) is 4.79 Å². The summed E-state index contributed by atoms with van der Waals surface area (Å²) < 4.78 is 15.4. The van der Waals surface area contributed by atoms with Crippen molar-refractivity contribution in [2.75, 3.05) is 31.1 Å². The molecular formula is C31H35FN6O. The molecular weight excluding hydrogens is 491 g/mol. The summed E-state index contributed by atoms with van der Waals surface area (Å²) in [5.74, 6) is 2.13. The van der Waals surface area contributed by atoms with Crippen molar-refractivity contribution in [2.24, 2.45) is 5.92 Å². The average molecular weight is 527 g/mol. The van der Waals surface area contributed by atoms with Gasteiger partial charge >= 0.3 is 0 Å². The summed E-state index contributed by atoms with van der Waals surface area (Å²) in [4.78, 5) is 27.7. The van der Waals surface area contributed by atoms with Crippen LogP contribution in [0.3, 0.4) is 0 Å². The molecule has 1 amide bonds. The molecule has 202 valence electrons. The molecule has 1 saturated carbocycles. The molecule has 1 aliphatic heterocycles. The third-order valence-electron chi connectivity index (χ3n) is 8.00. The first-order valence-corrected chi connectivity index (χ1v) is 14.1. The van der Waals surface area contributed by atoms with E-state index in [-0.39, 0.29) is 17.6 Å². The number of aromatic nitrogens is 4. The fourth-order valence-electron chi connectivity index (χ4n) is 5.76. The molecule has 2 aromatic heterocycles. The number of fused-ring (bicyclic) bond motifs is 1. The molecule has 2 aromatic carbocycles. The maximum atomic E-state index is 13.6. The van der Waals surface area contributed by atoms with Gasteiger partial charge < -0.3 is 9.80 Å². The van der Waals surface area contributed by atoms with Crippen LogP contribution in [0.15, 0.2) is 54.6 Å². The third kappa shape index (κ3) is 5.12. The summed E-state index contributed by atoms with van der Waals surface area (Å²) in [6.07, 6.45) is 4.67. The van der Waals surface area contributed by atoms with E-state index in [9.17, 15) is 9.18 Å². The fourth-order valence-corrected chi connectivity index (χ4v) is 5.76. The smallest absolute Gasteiger partial charge is 0.226 e. The second kappa shape index (κ2) is 10.8. The molecule has 39 heavy (non-hydrogen) atoms. The fraction of sp³-hybridized carbons (Fsp3) is 0.419. The van der Waals surface area contributed by atoms with Gasteiger partial charge in [-0.2, -0.15) is 5.10 Å². The molecule has 6 rings (SSSR count). The van der Waals surface area contributed by atoms with Crippen molar-refractivity contribution < 1.29 is 9.18 Å². The molecule has 0 N–H and O–H groups in total. The van der Waals surface area contributed by atoms with E-state index in [1.807, 2.05) is 13.0 Å². The van der Waals surface area contributed by atoms with Crippen LogP contribution in [0.2, 0.25) is 0 Å². The number of nitrogens with zero attached hydrogens (tertiary/aromatic N) is 6. The molecule has 1 aliphatic carbocycles. The molecule has 8 heteroatoms. The Balaban J connectivity index is 1.27. The van der Waals surface area contributed by atoms with Crippen molar-refractivity contribution in [3.8, 4) is 5.69 Å². The minimum absolute atomic E-state index is 0.0986. The topological polar surface area (TPSA) is 67.2 Å². The predicted octanol–water partition coefficient (Wildman–Crippen LogP) is 5.45. The molecule has 7 nitrogen and oxygen atoms in total. The maximum absolute atomic E-state index is 13.6. The molecule has 2 fully saturated rings. The summed E-state index contributed by atoms with van der Waals surface area (Å²) in [5, 5.41) is 5.72. The predicted molar refractivity (Wildman–Crippen MR) is 151 cm³/mol. The number of carbonyl (C=O) groups excluding carboxylic acids is 1. The van der Waals surface area contributed by atoms with E-state index < -0.39 is 0 Å². The number of aryl methyl sites for hydroxylation is 2. The van der Waals surface area contributed by atoms with Crippen LogP contribution < -0.4 is 4.90 Å². The summed E-state index contributed by atoms with van der Waals surface area (Å²) in [7, 11) is 0. The van der Waals surface area contributed by atoms with E-state index in [1.165, 1.54) is 17.7 Å². The van der Waals surface area contributed by atoms with Gasteiger partial charge in [0.15, 0.2) is 5.65 Å². The van der Waals surface area contributed by atoms with Crippen LogP contribution in [-0.2, 0) is 11.2 Å². The zero-order valence-corrected chi connectivity index (χ0v) is 22.7. The van der Waals surface area contributed by atoms with Crippen LogP contribution in [0.4, 0.5) is 10.2 Å². The lowest BCUT2D eigenvalue weighted by molar-refractivity contribution is -0.132. The van der Waals surface area contributed by atoms with Crippen LogP contribution in [0.1, 0.15) is 55.6 Å². The van der Waals surface area contributed by atoms with Crippen LogP contribution in [-0.4, -0.2) is 56.7 Å². The highest BCUT2D eigenvalue weighted by Crippen LogP contribution is 2.48. The molecule has 0 spiro atoms. The van der Waals surface area contributed by atoms with Gasteiger partial charge in [0.05, 0.1) is 16.8 Å². The van der Waals surface area contributed by atoms with Gasteiger partial charge in [-0.1, -0.05) is 43.7 Å². The lowest BCUT2D eigenvalue weighted by Gasteiger charge is -2.24. The van der Waals surface area contributed by atoms with E-state index in [2.05, 4.69) is 41.0 Å². The van der Waals surface area contributed by atoms with Crippen molar-refractivity contribution >= 4 is 22.8 Å². The first kappa shape index (κ1) is 25.5. The maximum Gasteiger partial charge on any atom is 0.226 e. The van der Waals surface area contributed by atoms with E-state index in [0.29, 0.717) is 12.5 Å². The van der Waals surface area contributed by atoms with Crippen molar-refractivity contribution in [2.45, 2.75) is 51.9 Å². The van der Waals surface area contributed by atoms with Crippen molar-refractivity contribution in [1.29, 1.82) is 0 Å². The molecule has 0 radical (unpaired) electrons. The quantitative estimate of drug-likeness (QED) is 0.321. The summed E-state index contributed by atoms with van der Waals surface area (Å²) >= 11 is 0. The summed E-state index contributed by atoms with van der Waals surface area (Å²) in [6, 6.07) is 16.7. The third-order valence-corrected chi connectivity index (χ3v) is 8.00. The highest BCUT2D eigenvalue weighted by molar-refractivity contribution is 5.91. The normalized spacial score (nSPS) is 19.4. The minimum Gasteiger partial charge on any atom is -0.354 e. The van der Waals surface area contributed by atoms with E-state index >= 15 is 0 Å². The van der Waals surface area contributed by atoms with Gasteiger partial charge in [-0.15, -0.1) is 0 Å². The lowest BCUT2D eigenvalue weighted by atomic mass is 10.1. The Kier molecular flexibility index (Phi) is 7.02. The Morgan fingerprint density at radius 1 is 1.00 bits per heavy atom. The molecule has 4 aromatic rings. The number of hydrogen-bond acceptors (Lipinski definition) is 5. The van der Waals surface area contributed by atoms with Crippen molar-refractivity contribution in [3.05, 3.63) is 77.5 Å². The Morgan fingerprint density at radius 3 is 2.56 bits per heavy atom. The van der Waals surface area contributed by atoms with E-state index in [4.69, 9.17) is 15.1 Å². The lowest BCUT2D eigenvalue weighted by Crippen LogP contribution is -2.36. The van der Waals surface area contributed by atoms with Gasteiger partial charge in [-0.25, -0.2) is 19.0 Å². The van der Waals surface area contributed by atoms with Gasteiger partial charge in [0.25, 0.3) is 0 Å². The molecule has 1 saturated heterocycles. The second-order valence-electron chi connectivity index (χ2n) is 10.8. The largest absolute Gasteiger partial charge is 0.354 e. The summed E-state index contributed by atoms with van der Waals surface area (Å²) in [5.41, 5.74) is 3.62. The number of benzene rings is 2. The molecule has 0 bridgehead atoms. The zero-order chi connectivity index (χ0) is 26.9. The zero-order valence-electron chi connectivity index (χ0n) is 22.7. The Hall–Kier alpha value is -3.81. The monoisotopic (exact) mass is 526 g/mol. The SMILES string of the molecule is CCCCc1nc(N2CCCN(C(=O)[C@H]3C[C@H]3c3ccccc3)CC2)c2c(C)nn(-c3ccc(F)cc3)c2n1. The Bertz CT molecular complexity index is 1470. The number of halogens is 1. The van der Waals surface area contributed by atoms with E-state index in [1.54, 1.807) is 16.8 Å². The van der Waals surface area contributed by atoms with Crippen LogP contribution in [0, 0.1) is 18.7 Å². The van der Waals surface area contributed by atoms with Crippen LogP contribution >= 0.6 is 0 Å². The number of rotatable bonds is 7. The Labute approximate surface area is 228 Å². The van der Waals surface area contributed by atoms with Gasteiger partial charge in [0.1, 0.15) is 17.5 Å². The Morgan fingerprint density at radius 2 is 1.79 bits per heavy atom.